The normalized spacial score (nSPS) is 15.9. The average Bonchev–Trinajstić information content (AvgIpc) is 2.76. The van der Waals surface area contributed by atoms with Crippen molar-refractivity contribution in [1.29, 1.82) is 0 Å². The number of nitrogens with zero attached hydrogens (tertiary/aromatic N) is 2. The first-order valence-corrected chi connectivity index (χ1v) is 10.4. The zero-order valence-corrected chi connectivity index (χ0v) is 17.3. The van der Waals surface area contributed by atoms with E-state index in [-0.39, 0.29) is 11.9 Å². The van der Waals surface area contributed by atoms with Gasteiger partial charge in [-0.25, -0.2) is 0 Å². The Bertz CT molecular complexity index is 964. The maximum absolute atomic E-state index is 12.9. The quantitative estimate of drug-likeness (QED) is 0.597. The molecule has 148 valence electrons. The van der Waals surface area contributed by atoms with Gasteiger partial charge in [-0.3, -0.25) is 9.69 Å². The minimum Gasteiger partial charge on any atom is -0.336 e. The Balaban J connectivity index is 1.52. The van der Waals surface area contributed by atoms with E-state index in [1.165, 1.54) is 11.1 Å². The number of aryl methyl sites for hydroxylation is 1. The molecule has 3 aromatic rings. The van der Waals surface area contributed by atoms with E-state index in [0.717, 1.165) is 42.3 Å². The summed E-state index contributed by atoms with van der Waals surface area (Å²) in [6.45, 7) is 5.14. The third kappa shape index (κ3) is 4.52. The van der Waals surface area contributed by atoms with Crippen LogP contribution in [0, 0.1) is 6.92 Å². The molecule has 0 aliphatic carbocycles. The van der Waals surface area contributed by atoms with Crippen molar-refractivity contribution < 1.29 is 4.79 Å². The lowest BCUT2D eigenvalue weighted by atomic mass is 9.96. The van der Waals surface area contributed by atoms with Gasteiger partial charge >= 0.3 is 0 Å². The van der Waals surface area contributed by atoms with E-state index < -0.39 is 0 Å². The largest absolute Gasteiger partial charge is 0.336 e. The Morgan fingerprint density at radius 3 is 2.14 bits per heavy atom. The van der Waals surface area contributed by atoms with Gasteiger partial charge < -0.3 is 4.90 Å². The molecule has 1 aliphatic rings. The molecule has 1 fully saturated rings. The van der Waals surface area contributed by atoms with Crippen LogP contribution in [0.3, 0.4) is 0 Å². The highest BCUT2D eigenvalue weighted by Crippen LogP contribution is 2.30. The summed E-state index contributed by atoms with van der Waals surface area (Å²) in [5.74, 6) is 0.121. The summed E-state index contributed by atoms with van der Waals surface area (Å²) >= 11 is 6.11. The van der Waals surface area contributed by atoms with Crippen molar-refractivity contribution in [3.05, 3.63) is 106 Å². The number of halogens is 1. The summed E-state index contributed by atoms with van der Waals surface area (Å²) in [6.07, 6.45) is 0. The second kappa shape index (κ2) is 8.81. The number of piperazine rings is 1. The fourth-order valence-electron chi connectivity index (χ4n) is 4.04. The average molecular weight is 405 g/mol. The Kier molecular flexibility index (Phi) is 5.98. The fraction of sp³-hybridized carbons (Fsp3) is 0.240. The third-order valence-electron chi connectivity index (χ3n) is 5.53. The second-order valence-corrected chi connectivity index (χ2v) is 8.00. The van der Waals surface area contributed by atoms with Gasteiger partial charge in [0.15, 0.2) is 0 Å². The van der Waals surface area contributed by atoms with Crippen molar-refractivity contribution in [2.45, 2.75) is 13.0 Å². The lowest BCUT2D eigenvalue weighted by Gasteiger charge is -2.40. The van der Waals surface area contributed by atoms with Crippen molar-refractivity contribution >= 4 is 17.5 Å². The molecule has 3 nitrogen and oxygen atoms in total. The first-order chi connectivity index (χ1) is 14.1. The lowest BCUT2D eigenvalue weighted by Crippen LogP contribution is -2.49. The summed E-state index contributed by atoms with van der Waals surface area (Å²) in [7, 11) is 0. The summed E-state index contributed by atoms with van der Waals surface area (Å²) in [5.41, 5.74) is 4.37. The van der Waals surface area contributed by atoms with Gasteiger partial charge in [0.2, 0.25) is 0 Å². The van der Waals surface area contributed by atoms with Gasteiger partial charge in [-0.15, -0.1) is 0 Å². The van der Waals surface area contributed by atoms with E-state index in [1.807, 2.05) is 54.3 Å². The van der Waals surface area contributed by atoms with Crippen LogP contribution in [0.25, 0.3) is 0 Å². The van der Waals surface area contributed by atoms with Gasteiger partial charge in [-0.05, 0) is 42.3 Å². The number of amides is 1. The van der Waals surface area contributed by atoms with Crippen molar-refractivity contribution in [3.8, 4) is 0 Å². The number of rotatable bonds is 4. The molecule has 0 N–H and O–H groups in total. The third-order valence-corrected chi connectivity index (χ3v) is 5.78. The smallest absolute Gasteiger partial charge is 0.253 e. The fourth-order valence-corrected chi connectivity index (χ4v) is 4.16. The minimum absolute atomic E-state index is 0.121. The highest BCUT2D eigenvalue weighted by molar-refractivity contribution is 6.30. The zero-order chi connectivity index (χ0) is 20.2. The molecule has 1 heterocycles. The zero-order valence-electron chi connectivity index (χ0n) is 16.6. The Morgan fingerprint density at radius 1 is 0.828 bits per heavy atom. The van der Waals surface area contributed by atoms with E-state index in [1.54, 1.807) is 0 Å². The number of carbonyl (C=O) groups is 1. The minimum atomic E-state index is 0.121. The van der Waals surface area contributed by atoms with E-state index in [4.69, 9.17) is 11.6 Å². The van der Waals surface area contributed by atoms with Crippen LogP contribution in [0.1, 0.15) is 33.1 Å². The molecule has 0 saturated carbocycles. The highest BCUT2D eigenvalue weighted by atomic mass is 35.5. The SMILES string of the molecule is Cc1cccc(C(=O)N2CCN([C@@H](c3ccccc3)c3ccc(Cl)cc3)CC2)c1. The molecule has 4 heteroatoms. The summed E-state index contributed by atoms with van der Waals surface area (Å²) in [4.78, 5) is 17.3. The van der Waals surface area contributed by atoms with Gasteiger partial charge in [-0.1, -0.05) is 71.8 Å². The Hall–Kier alpha value is -2.62. The molecule has 0 radical (unpaired) electrons. The predicted octanol–water partition coefficient (Wildman–Crippen LogP) is 5.20. The molecule has 1 aliphatic heterocycles. The molecule has 1 atom stereocenters. The number of hydrogen-bond acceptors (Lipinski definition) is 2. The summed E-state index contributed by atoms with van der Waals surface area (Å²) in [5, 5.41) is 0.745. The Labute approximate surface area is 177 Å². The van der Waals surface area contributed by atoms with E-state index >= 15 is 0 Å². The number of hydrogen-bond donors (Lipinski definition) is 0. The molecule has 4 rings (SSSR count). The first kappa shape index (κ1) is 19.7. The van der Waals surface area contributed by atoms with Crippen molar-refractivity contribution in [2.24, 2.45) is 0 Å². The molecule has 1 amide bonds. The molecule has 0 spiro atoms. The number of carbonyl (C=O) groups excluding carboxylic acids is 1. The van der Waals surface area contributed by atoms with Gasteiger partial charge in [0.05, 0.1) is 6.04 Å². The molecule has 1 saturated heterocycles. The molecule has 0 unspecified atom stereocenters. The van der Waals surface area contributed by atoms with Crippen LogP contribution in [-0.4, -0.2) is 41.9 Å². The molecule has 0 bridgehead atoms. The van der Waals surface area contributed by atoms with E-state index in [2.05, 4.69) is 41.3 Å². The van der Waals surface area contributed by atoms with Crippen LogP contribution in [0.2, 0.25) is 5.02 Å². The molecular weight excluding hydrogens is 380 g/mol. The topological polar surface area (TPSA) is 23.6 Å². The van der Waals surface area contributed by atoms with Crippen LogP contribution in [0.4, 0.5) is 0 Å². The van der Waals surface area contributed by atoms with Crippen molar-refractivity contribution in [2.75, 3.05) is 26.2 Å². The van der Waals surface area contributed by atoms with Crippen LogP contribution >= 0.6 is 11.6 Å². The highest BCUT2D eigenvalue weighted by Gasteiger charge is 2.28. The number of benzene rings is 3. The van der Waals surface area contributed by atoms with E-state index in [0.29, 0.717) is 0 Å². The summed E-state index contributed by atoms with van der Waals surface area (Å²) in [6, 6.07) is 26.6. The monoisotopic (exact) mass is 404 g/mol. The summed E-state index contributed by atoms with van der Waals surface area (Å²) < 4.78 is 0. The standard InChI is InChI=1S/C25H25ClN2O/c1-19-6-5-9-22(18-19)25(29)28-16-14-27(15-17-28)24(20-7-3-2-4-8-20)21-10-12-23(26)13-11-21/h2-13,18,24H,14-17H2,1H3/t24-/m0/s1. The lowest BCUT2D eigenvalue weighted by molar-refractivity contribution is 0.0597. The first-order valence-electron chi connectivity index (χ1n) is 10.0. The van der Waals surface area contributed by atoms with E-state index in [9.17, 15) is 4.79 Å². The second-order valence-electron chi connectivity index (χ2n) is 7.56. The van der Waals surface area contributed by atoms with Crippen LogP contribution in [-0.2, 0) is 0 Å². The van der Waals surface area contributed by atoms with Gasteiger partial charge in [0, 0.05) is 36.8 Å². The van der Waals surface area contributed by atoms with Gasteiger partial charge in [-0.2, -0.15) is 0 Å². The Morgan fingerprint density at radius 2 is 1.48 bits per heavy atom. The van der Waals surface area contributed by atoms with Gasteiger partial charge in [0.1, 0.15) is 0 Å². The maximum atomic E-state index is 12.9. The molecule has 0 aromatic heterocycles. The molecule has 3 aromatic carbocycles. The maximum Gasteiger partial charge on any atom is 0.253 e. The van der Waals surface area contributed by atoms with Crippen molar-refractivity contribution in [3.63, 3.8) is 0 Å². The van der Waals surface area contributed by atoms with Crippen LogP contribution in [0.5, 0.6) is 0 Å². The predicted molar refractivity (Wildman–Crippen MR) is 118 cm³/mol. The molecular formula is C25H25ClN2O. The van der Waals surface area contributed by atoms with Gasteiger partial charge in [0.25, 0.3) is 5.91 Å². The van der Waals surface area contributed by atoms with Crippen LogP contribution in [0.15, 0.2) is 78.9 Å². The molecule has 29 heavy (non-hydrogen) atoms. The van der Waals surface area contributed by atoms with Crippen molar-refractivity contribution in [1.82, 2.24) is 9.80 Å². The van der Waals surface area contributed by atoms with Crippen LogP contribution < -0.4 is 0 Å².